The number of rotatable bonds is 20. The number of carboxylic acids is 1. The van der Waals surface area contributed by atoms with Gasteiger partial charge < -0.3 is 42.3 Å². The van der Waals surface area contributed by atoms with Gasteiger partial charge in [-0.15, -0.1) is 0 Å². The fourth-order valence-corrected chi connectivity index (χ4v) is 8.76. The molecule has 2 saturated heterocycles. The first-order valence-electron chi connectivity index (χ1n) is 21.5. The van der Waals surface area contributed by atoms with Gasteiger partial charge in [0.2, 0.25) is 23.6 Å². The molecular weight excluding hydrogens is 801 g/mol. The minimum Gasteiger partial charge on any atom is -0.481 e. The summed E-state index contributed by atoms with van der Waals surface area (Å²) in [5.41, 5.74) is 9.02. The molecule has 5 amide bonds. The molecule has 0 radical (unpaired) electrons. The molecular formula is C48H56N8O7. The van der Waals surface area contributed by atoms with Crippen molar-refractivity contribution in [2.24, 2.45) is 11.7 Å². The molecule has 4 aromatic carbocycles. The van der Waals surface area contributed by atoms with Crippen molar-refractivity contribution in [3.63, 3.8) is 0 Å². The van der Waals surface area contributed by atoms with Crippen molar-refractivity contribution in [3.8, 4) is 0 Å². The van der Waals surface area contributed by atoms with Crippen molar-refractivity contribution in [1.82, 2.24) is 31.5 Å². The molecule has 0 bridgehead atoms. The first kappa shape index (κ1) is 45.5. The fourth-order valence-electron chi connectivity index (χ4n) is 8.76. The Labute approximate surface area is 367 Å². The molecule has 0 aliphatic carbocycles. The highest BCUT2D eigenvalue weighted by Crippen LogP contribution is 2.39. The molecule has 0 aromatic heterocycles. The van der Waals surface area contributed by atoms with E-state index in [1.165, 1.54) is 0 Å². The highest BCUT2D eigenvalue weighted by Gasteiger charge is 2.51. The van der Waals surface area contributed by atoms with Gasteiger partial charge in [-0.25, -0.2) is 0 Å². The minimum atomic E-state index is -1.47. The number of piperidine rings is 1. The Bertz CT molecular complexity index is 2160. The second kappa shape index (κ2) is 22.2. The molecule has 0 spiro atoms. The maximum atomic E-state index is 14.5. The van der Waals surface area contributed by atoms with E-state index in [-0.39, 0.29) is 49.8 Å². The Morgan fingerprint density at radius 3 is 1.94 bits per heavy atom. The highest BCUT2D eigenvalue weighted by molar-refractivity contribution is 5.99. The molecule has 4 unspecified atom stereocenters. The number of aliphatic carboxylic acids is 1. The number of benzene rings is 4. The molecule has 2 fully saturated rings. The highest BCUT2D eigenvalue weighted by atomic mass is 16.4. The van der Waals surface area contributed by atoms with E-state index in [9.17, 15) is 33.9 Å². The summed E-state index contributed by atoms with van der Waals surface area (Å²) in [6, 6.07) is 33.1. The predicted molar refractivity (Wildman–Crippen MR) is 237 cm³/mol. The van der Waals surface area contributed by atoms with Gasteiger partial charge in [0.15, 0.2) is 5.96 Å². The summed E-state index contributed by atoms with van der Waals surface area (Å²) >= 11 is 0. The number of carboxylic acid groups (broad SMARTS) is 1. The molecule has 2 aliphatic heterocycles. The minimum absolute atomic E-state index is 0.0302. The van der Waals surface area contributed by atoms with Crippen LogP contribution in [0.4, 0.5) is 0 Å². The Hall–Kier alpha value is -7.03. The number of carbonyl (C=O) groups excluding carboxylic acids is 5. The smallest absolute Gasteiger partial charge is 0.305 e. The molecule has 4 aromatic rings. The van der Waals surface area contributed by atoms with Gasteiger partial charge in [-0.05, 0) is 79.7 Å². The number of hydrogen-bond acceptors (Lipinski definition) is 7. The van der Waals surface area contributed by atoms with Crippen molar-refractivity contribution in [2.75, 3.05) is 13.1 Å². The van der Waals surface area contributed by atoms with Crippen LogP contribution in [0.2, 0.25) is 0 Å². The van der Waals surface area contributed by atoms with Crippen molar-refractivity contribution in [1.29, 1.82) is 5.41 Å². The van der Waals surface area contributed by atoms with Crippen molar-refractivity contribution >= 4 is 41.5 Å². The van der Waals surface area contributed by atoms with Crippen LogP contribution in [0.1, 0.15) is 77.9 Å². The number of carbonyl (C=O) groups is 6. The van der Waals surface area contributed by atoms with Gasteiger partial charge in [0, 0.05) is 30.6 Å². The molecule has 330 valence electrons. The van der Waals surface area contributed by atoms with Crippen LogP contribution in [-0.4, -0.2) is 94.8 Å². The monoisotopic (exact) mass is 856 g/mol. The van der Waals surface area contributed by atoms with Crippen molar-refractivity contribution in [3.05, 3.63) is 144 Å². The normalized spacial score (nSPS) is 18.9. The first-order valence-corrected chi connectivity index (χ1v) is 21.5. The van der Waals surface area contributed by atoms with Gasteiger partial charge in [0.1, 0.15) is 24.2 Å². The van der Waals surface area contributed by atoms with Crippen LogP contribution in [0.15, 0.2) is 121 Å². The number of nitrogens with one attached hydrogen (secondary N) is 6. The maximum Gasteiger partial charge on any atom is 0.305 e. The van der Waals surface area contributed by atoms with Crippen LogP contribution in [0.3, 0.4) is 0 Å². The Kier molecular flexibility index (Phi) is 16.0. The van der Waals surface area contributed by atoms with Crippen LogP contribution >= 0.6 is 0 Å². The molecule has 9 N–H and O–H groups in total. The zero-order valence-corrected chi connectivity index (χ0v) is 35.1. The van der Waals surface area contributed by atoms with Crippen molar-refractivity contribution in [2.45, 2.75) is 87.5 Å². The van der Waals surface area contributed by atoms with E-state index < -0.39 is 66.1 Å². The van der Waals surface area contributed by atoms with Crippen LogP contribution in [-0.2, 0) is 30.4 Å². The molecule has 2 heterocycles. The maximum absolute atomic E-state index is 14.5. The van der Waals surface area contributed by atoms with Gasteiger partial charge in [-0.2, -0.15) is 0 Å². The van der Waals surface area contributed by atoms with Gasteiger partial charge >= 0.3 is 5.97 Å². The lowest BCUT2D eigenvalue weighted by atomic mass is 9.86. The van der Waals surface area contributed by atoms with E-state index in [0.29, 0.717) is 37.7 Å². The molecule has 63 heavy (non-hydrogen) atoms. The average Bonchev–Trinajstić information content (AvgIpc) is 3.66. The molecule has 6 rings (SSSR count). The first-order chi connectivity index (χ1) is 30.5. The summed E-state index contributed by atoms with van der Waals surface area (Å²) in [6.07, 6.45) is 1.90. The lowest BCUT2D eigenvalue weighted by Gasteiger charge is -2.39. The molecule has 6 atom stereocenters. The standard InChI is InChI=1S/C48H56N8O7/c49-48(50)52-26-13-22-37(45(61)55-39(30-42(57)58)44(60)51-27-25-36(32-16-7-2-8-17-32)33-18-9-3-10-19-33)53-46(62)41-29-35(28-31-14-5-1-6-15-31)40-24-23-38(47(63)56(40)41)54-43(59)34-20-11-4-12-21-34/h1-12,14-21,35-41H,13,22-30H2,(H,51,60)(H,53,62)(H,54,59)(H,55,61)(H,57,58)(H4,49,50,52)/t35?,37?,38?,39-,40?,41-/m0/s1. The molecule has 2 aliphatic rings. The van der Waals surface area contributed by atoms with Gasteiger partial charge in [0.25, 0.3) is 5.91 Å². The van der Waals surface area contributed by atoms with Crippen LogP contribution in [0.5, 0.6) is 0 Å². The number of fused-ring (bicyclic) bond motifs is 1. The SMILES string of the molecule is N=C(N)NCCCC(NC(=O)[C@@H]1CC(Cc2ccccc2)C2CCC(NC(=O)c3ccccc3)C(=O)N21)C(=O)N[C@@H](CC(=O)O)C(=O)NCCC(c1ccccc1)c1ccccc1. The largest absolute Gasteiger partial charge is 0.481 e. The lowest BCUT2D eigenvalue weighted by Crippen LogP contribution is -2.61. The number of amides is 5. The quantitative estimate of drug-likeness (QED) is 0.0369. The van der Waals surface area contributed by atoms with E-state index in [4.69, 9.17) is 11.1 Å². The molecule has 15 nitrogen and oxygen atoms in total. The second-order valence-corrected chi connectivity index (χ2v) is 16.1. The summed E-state index contributed by atoms with van der Waals surface area (Å²) in [5.74, 6) is -4.62. The summed E-state index contributed by atoms with van der Waals surface area (Å²) in [4.78, 5) is 83.3. The third kappa shape index (κ3) is 12.5. The van der Waals surface area contributed by atoms with Crippen LogP contribution < -0.4 is 32.3 Å². The molecule has 0 saturated carbocycles. The van der Waals surface area contributed by atoms with Crippen LogP contribution in [0.25, 0.3) is 0 Å². The number of nitrogens with two attached hydrogens (primary N) is 1. The van der Waals surface area contributed by atoms with Gasteiger partial charge in [0.05, 0.1) is 6.42 Å². The van der Waals surface area contributed by atoms with Crippen molar-refractivity contribution < 1.29 is 33.9 Å². The topological polar surface area (TPSA) is 236 Å². The van der Waals surface area contributed by atoms with E-state index in [1.807, 2.05) is 91.0 Å². The number of guanidine groups is 1. The van der Waals surface area contributed by atoms with E-state index in [1.54, 1.807) is 35.2 Å². The van der Waals surface area contributed by atoms with E-state index in [2.05, 4.69) is 26.6 Å². The number of hydrogen-bond donors (Lipinski definition) is 8. The van der Waals surface area contributed by atoms with E-state index >= 15 is 0 Å². The Morgan fingerprint density at radius 2 is 1.33 bits per heavy atom. The Balaban J connectivity index is 1.18. The average molecular weight is 857 g/mol. The third-order valence-corrected chi connectivity index (χ3v) is 11.8. The second-order valence-electron chi connectivity index (χ2n) is 16.1. The Morgan fingerprint density at radius 1 is 0.730 bits per heavy atom. The van der Waals surface area contributed by atoms with Gasteiger partial charge in [-0.3, -0.25) is 34.2 Å². The zero-order valence-electron chi connectivity index (χ0n) is 35.1. The zero-order chi connectivity index (χ0) is 44.7. The van der Waals surface area contributed by atoms with Crippen LogP contribution in [0, 0.1) is 11.3 Å². The summed E-state index contributed by atoms with van der Waals surface area (Å²) in [5, 5.41) is 31.1. The molecule has 15 heteroatoms. The third-order valence-electron chi connectivity index (χ3n) is 11.8. The summed E-state index contributed by atoms with van der Waals surface area (Å²) in [7, 11) is 0. The van der Waals surface area contributed by atoms with Gasteiger partial charge in [-0.1, -0.05) is 109 Å². The van der Waals surface area contributed by atoms with E-state index in [0.717, 1.165) is 16.7 Å². The lowest BCUT2D eigenvalue weighted by molar-refractivity contribution is -0.145. The summed E-state index contributed by atoms with van der Waals surface area (Å²) in [6.45, 7) is 0.371. The number of nitrogens with zero attached hydrogens (tertiary/aromatic N) is 1. The predicted octanol–water partition coefficient (Wildman–Crippen LogP) is 3.45. The summed E-state index contributed by atoms with van der Waals surface area (Å²) < 4.78 is 0. The fraction of sp³-hybridized carbons (Fsp3) is 0.354.